The quantitative estimate of drug-likeness (QED) is 0.663. The highest BCUT2D eigenvalue weighted by molar-refractivity contribution is 5.93. The fraction of sp³-hybridized carbons (Fsp3) is 0.308. The third-order valence-corrected chi connectivity index (χ3v) is 3.38. The molecule has 0 saturated heterocycles. The number of H-pyrrole nitrogens is 1. The minimum Gasteiger partial charge on any atom is -0.507 e. The summed E-state index contributed by atoms with van der Waals surface area (Å²) in [6.45, 7) is 3.75. The third-order valence-electron chi connectivity index (χ3n) is 3.38. The average Bonchev–Trinajstić information content (AvgIpc) is 2.59. The van der Waals surface area contributed by atoms with Crippen LogP contribution in [0.4, 0.5) is 0 Å². The highest BCUT2D eigenvalue weighted by atomic mass is 16.4. The molecular weight excluding hydrogens is 232 g/mol. The van der Waals surface area contributed by atoms with Crippen LogP contribution < -0.4 is 5.73 Å². The minimum atomic E-state index is -1.03. The average molecular weight is 248 g/mol. The molecule has 5 heteroatoms. The van der Waals surface area contributed by atoms with Crippen molar-refractivity contribution in [2.24, 2.45) is 5.73 Å². The second kappa shape index (κ2) is 4.34. The summed E-state index contributed by atoms with van der Waals surface area (Å²) in [5.74, 6) is -1.91. The summed E-state index contributed by atoms with van der Waals surface area (Å²) in [6, 6.07) is 3.38. The molecule has 0 radical (unpaired) electrons. The number of fused-ring (bicyclic) bond motifs is 1. The highest BCUT2D eigenvalue weighted by Crippen LogP contribution is 2.36. The van der Waals surface area contributed by atoms with Crippen molar-refractivity contribution in [3.63, 3.8) is 0 Å². The van der Waals surface area contributed by atoms with Crippen LogP contribution in [0.15, 0.2) is 12.1 Å². The molecule has 5 N–H and O–H groups in total. The summed E-state index contributed by atoms with van der Waals surface area (Å²) in [6.07, 6.45) is 0. The molecule has 1 atom stereocenters. The second-order valence-electron chi connectivity index (χ2n) is 4.43. The Kier molecular flexibility index (Phi) is 3.00. The Morgan fingerprint density at radius 2 is 2.11 bits per heavy atom. The Morgan fingerprint density at radius 3 is 2.67 bits per heavy atom. The number of aromatic nitrogens is 1. The van der Waals surface area contributed by atoms with E-state index in [0.717, 1.165) is 16.8 Å². The Morgan fingerprint density at radius 1 is 1.44 bits per heavy atom. The molecule has 0 spiro atoms. The zero-order chi connectivity index (χ0) is 13.4. The van der Waals surface area contributed by atoms with Gasteiger partial charge in [-0.2, -0.15) is 0 Å². The number of aryl methyl sites for hydroxylation is 2. The lowest BCUT2D eigenvalue weighted by molar-refractivity contribution is -0.138. The van der Waals surface area contributed by atoms with Crippen LogP contribution >= 0.6 is 0 Å². The van der Waals surface area contributed by atoms with E-state index in [1.807, 2.05) is 13.8 Å². The number of carbonyl (C=O) groups is 1. The van der Waals surface area contributed by atoms with Crippen molar-refractivity contribution >= 4 is 16.9 Å². The van der Waals surface area contributed by atoms with Crippen LogP contribution in [0, 0.1) is 13.8 Å². The maximum atomic E-state index is 11.1. The molecule has 18 heavy (non-hydrogen) atoms. The van der Waals surface area contributed by atoms with E-state index in [0.29, 0.717) is 10.9 Å². The van der Waals surface area contributed by atoms with E-state index in [4.69, 9.17) is 10.8 Å². The molecule has 0 fully saturated rings. The van der Waals surface area contributed by atoms with Gasteiger partial charge in [-0.1, -0.05) is 6.07 Å². The van der Waals surface area contributed by atoms with Gasteiger partial charge in [-0.05, 0) is 25.5 Å². The van der Waals surface area contributed by atoms with Gasteiger partial charge in [0.2, 0.25) is 0 Å². The summed E-state index contributed by atoms with van der Waals surface area (Å²) in [7, 11) is 0. The van der Waals surface area contributed by atoms with Gasteiger partial charge >= 0.3 is 5.97 Å². The molecule has 2 rings (SSSR count). The van der Waals surface area contributed by atoms with Gasteiger partial charge in [0.25, 0.3) is 0 Å². The van der Waals surface area contributed by atoms with E-state index in [9.17, 15) is 9.90 Å². The monoisotopic (exact) mass is 248 g/mol. The van der Waals surface area contributed by atoms with Gasteiger partial charge in [0.15, 0.2) is 0 Å². The zero-order valence-electron chi connectivity index (χ0n) is 10.3. The Labute approximate surface area is 104 Å². The summed E-state index contributed by atoms with van der Waals surface area (Å²) in [5.41, 5.74) is 8.50. The maximum Gasteiger partial charge on any atom is 0.312 e. The number of aliphatic carboxylic acids is 1. The van der Waals surface area contributed by atoms with Crippen LogP contribution in [0.1, 0.15) is 22.7 Å². The van der Waals surface area contributed by atoms with Crippen molar-refractivity contribution < 1.29 is 15.0 Å². The fourth-order valence-electron chi connectivity index (χ4n) is 2.22. The molecule has 1 heterocycles. The minimum absolute atomic E-state index is 0.00667. The largest absolute Gasteiger partial charge is 0.507 e. The molecule has 5 nitrogen and oxygen atoms in total. The first-order valence-corrected chi connectivity index (χ1v) is 5.71. The summed E-state index contributed by atoms with van der Waals surface area (Å²) >= 11 is 0. The van der Waals surface area contributed by atoms with Crippen LogP contribution in [0.5, 0.6) is 5.75 Å². The second-order valence-corrected chi connectivity index (χ2v) is 4.43. The predicted octanol–water partition coefficient (Wildman–Crippen LogP) is 1.62. The lowest BCUT2D eigenvalue weighted by Crippen LogP contribution is -2.21. The van der Waals surface area contributed by atoms with E-state index >= 15 is 0 Å². The number of hydrogen-bond acceptors (Lipinski definition) is 3. The van der Waals surface area contributed by atoms with Gasteiger partial charge in [0.1, 0.15) is 5.75 Å². The van der Waals surface area contributed by atoms with Gasteiger partial charge in [0, 0.05) is 28.7 Å². The molecule has 0 aliphatic carbocycles. The molecular formula is C13H16N2O3. The number of aromatic hydroxyl groups is 1. The first-order chi connectivity index (χ1) is 8.47. The van der Waals surface area contributed by atoms with Crippen LogP contribution in [0.3, 0.4) is 0 Å². The fourth-order valence-corrected chi connectivity index (χ4v) is 2.22. The van der Waals surface area contributed by atoms with Crippen LogP contribution in [0.25, 0.3) is 10.9 Å². The first kappa shape index (κ1) is 12.4. The summed E-state index contributed by atoms with van der Waals surface area (Å²) in [5, 5.41) is 20.0. The number of benzene rings is 1. The number of phenols is 1. The molecule has 0 saturated carbocycles. The van der Waals surface area contributed by atoms with Gasteiger partial charge in [-0.15, -0.1) is 0 Å². The molecule has 1 aromatic heterocycles. The number of aromatic amines is 1. The molecule has 2 aromatic rings. The molecule has 1 unspecified atom stereocenters. The van der Waals surface area contributed by atoms with E-state index in [1.54, 1.807) is 12.1 Å². The van der Waals surface area contributed by atoms with Crippen molar-refractivity contribution in [2.75, 3.05) is 6.54 Å². The normalized spacial score (nSPS) is 12.8. The standard InChI is InChI=1S/C13H16N2O3/c1-6-7(2)15-10-4-3-8(12(16)11(6)10)9(5-14)13(17)18/h3-4,9,15-16H,5,14H2,1-2H3,(H,17,18). The first-order valence-electron chi connectivity index (χ1n) is 5.71. The van der Waals surface area contributed by atoms with Gasteiger partial charge in [-0.25, -0.2) is 0 Å². The molecule has 1 aromatic carbocycles. The zero-order valence-corrected chi connectivity index (χ0v) is 10.3. The number of nitrogens with two attached hydrogens (primary N) is 1. The lowest BCUT2D eigenvalue weighted by Gasteiger charge is -2.12. The van der Waals surface area contributed by atoms with E-state index < -0.39 is 11.9 Å². The number of phenolic OH excluding ortho intramolecular Hbond substituents is 1. The number of carboxylic acid groups (broad SMARTS) is 1. The molecule has 0 amide bonds. The van der Waals surface area contributed by atoms with Crippen molar-refractivity contribution in [3.05, 3.63) is 29.0 Å². The topological polar surface area (TPSA) is 99.3 Å². The van der Waals surface area contributed by atoms with Crippen molar-refractivity contribution in [1.29, 1.82) is 0 Å². The molecule has 96 valence electrons. The SMILES string of the molecule is Cc1[nH]c2ccc(C(CN)C(=O)O)c(O)c2c1C. The number of rotatable bonds is 3. The van der Waals surface area contributed by atoms with Crippen molar-refractivity contribution in [2.45, 2.75) is 19.8 Å². The molecule has 0 aliphatic rings. The van der Waals surface area contributed by atoms with Gasteiger partial charge in [0.05, 0.1) is 5.92 Å². The summed E-state index contributed by atoms with van der Waals surface area (Å²) < 4.78 is 0. The number of nitrogens with one attached hydrogen (secondary N) is 1. The third kappa shape index (κ3) is 1.73. The van der Waals surface area contributed by atoms with Crippen LogP contribution in [0.2, 0.25) is 0 Å². The van der Waals surface area contributed by atoms with E-state index in [2.05, 4.69) is 4.98 Å². The predicted molar refractivity (Wildman–Crippen MR) is 68.9 cm³/mol. The Balaban J connectivity index is 2.70. The lowest BCUT2D eigenvalue weighted by atomic mass is 9.95. The van der Waals surface area contributed by atoms with Gasteiger partial charge < -0.3 is 20.9 Å². The number of hydrogen-bond donors (Lipinski definition) is 4. The maximum absolute atomic E-state index is 11.1. The Bertz CT molecular complexity index is 616. The van der Waals surface area contributed by atoms with E-state index in [1.165, 1.54) is 0 Å². The Hall–Kier alpha value is -2.01. The number of carboxylic acids is 1. The van der Waals surface area contributed by atoms with Crippen molar-refractivity contribution in [3.8, 4) is 5.75 Å². The van der Waals surface area contributed by atoms with E-state index in [-0.39, 0.29) is 12.3 Å². The van der Waals surface area contributed by atoms with Gasteiger partial charge in [-0.3, -0.25) is 4.79 Å². The highest BCUT2D eigenvalue weighted by Gasteiger charge is 2.23. The summed E-state index contributed by atoms with van der Waals surface area (Å²) in [4.78, 5) is 14.3. The smallest absolute Gasteiger partial charge is 0.312 e. The van der Waals surface area contributed by atoms with Crippen LogP contribution in [-0.4, -0.2) is 27.7 Å². The van der Waals surface area contributed by atoms with Crippen molar-refractivity contribution in [1.82, 2.24) is 4.98 Å². The molecule has 0 bridgehead atoms. The molecule has 0 aliphatic heterocycles. The van der Waals surface area contributed by atoms with Crippen LogP contribution in [-0.2, 0) is 4.79 Å².